The van der Waals surface area contributed by atoms with Gasteiger partial charge in [-0.1, -0.05) is 19.0 Å². The lowest BCUT2D eigenvalue weighted by Gasteiger charge is -2.34. The van der Waals surface area contributed by atoms with Gasteiger partial charge in [0.05, 0.1) is 6.04 Å². The predicted molar refractivity (Wildman–Crippen MR) is 84.4 cm³/mol. The summed E-state index contributed by atoms with van der Waals surface area (Å²) in [5, 5.41) is 7.15. The number of aromatic nitrogens is 2. The van der Waals surface area contributed by atoms with Crippen LogP contribution in [0.25, 0.3) is 0 Å². The van der Waals surface area contributed by atoms with E-state index in [0.29, 0.717) is 18.4 Å². The summed E-state index contributed by atoms with van der Waals surface area (Å²) in [7, 11) is 0. The molecule has 0 aromatic carbocycles. The number of nitrogens with one attached hydrogen (secondary N) is 1. The van der Waals surface area contributed by atoms with E-state index >= 15 is 0 Å². The van der Waals surface area contributed by atoms with E-state index in [9.17, 15) is 4.79 Å². The number of amides is 1. The molecule has 1 fully saturated rings. The first kappa shape index (κ1) is 16.9. The highest BCUT2D eigenvalue weighted by Crippen LogP contribution is 2.23. The molecule has 0 bridgehead atoms. The second-order valence-electron chi connectivity index (χ2n) is 6.10. The minimum Gasteiger partial charge on any atom is -0.353 e. The van der Waals surface area contributed by atoms with Crippen LogP contribution in [-0.4, -0.2) is 40.1 Å². The maximum atomic E-state index is 11.7. The van der Waals surface area contributed by atoms with Crippen molar-refractivity contribution in [1.82, 2.24) is 20.4 Å². The van der Waals surface area contributed by atoms with E-state index in [1.165, 1.54) is 0 Å². The van der Waals surface area contributed by atoms with E-state index in [2.05, 4.69) is 34.2 Å². The molecule has 2 rings (SSSR count). The molecule has 1 atom stereocenters. The van der Waals surface area contributed by atoms with Gasteiger partial charge >= 0.3 is 0 Å². The molecule has 1 aromatic rings. The number of carbonyl (C=O) groups excluding carboxylic acids is 1. The smallest absolute Gasteiger partial charge is 0.243 e. The Morgan fingerprint density at radius 2 is 2.09 bits per heavy atom. The molecule has 22 heavy (non-hydrogen) atoms. The van der Waals surface area contributed by atoms with Gasteiger partial charge in [-0.15, -0.1) is 0 Å². The third-order valence-corrected chi connectivity index (χ3v) is 4.23. The minimum absolute atomic E-state index is 0.144. The van der Waals surface area contributed by atoms with Gasteiger partial charge in [0.1, 0.15) is 0 Å². The Morgan fingerprint density at radius 3 is 2.73 bits per heavy atom. The van der Waals surface area contributed by atoms with Crippen molar-refractivity contribution >= 4 is 5.91 Å². The molecule has 0 saturated carbocycles. The third-order valence-electron chi connectivity index (χ3n) is 4.23. The van der Waals surface area contributed by atoms with Crippen molar-refractivity contribution in [1.29, 1.82) is 0 Å². The number of piperidine rings is 1. The summed E-state index contributed by atoms with van der Waals surface area (Å²) in [5.41, 5.74) is 0. The van der Waals surface area contributed by atoms with E-state index in [-0.39, 0.29) is 11.9 Å². The van der Waals surface area contributed by atoms with Gasteiger partial charge in [0.25, 0.3) is 0 Å². The maximum absolute atomic E-state index is 11.7. The van der Waals surface area contributed by atoms with E-state index in [0.717, 1.165) is 51.0 Å². The average Bonchev–Trinajstić information content (AvgIpc) is 2.96. The number of hydrogen-bond donors (Lipinski definition) is 1. The van der Waals surface area contributed by atoms with Crippen molar-refractivity contribution in [3.05, 3.63) is 11.7 Å². The molecule has 1 saturated heterocycles. The highest BCUT2D eigenvalue weighted by Gasteiger charge is 2.27. The molecule has 1 amide bonds. The Hall–Kier alpha value is -1.43. The summed E-state index contributed by atoms with van der Waals surface area (Å²) in [5.74, 6) is 1.68. The van der Waals surface area contributed by atoms with Gasteiger partial charge in [0.15, 0.2) is 5.82 Å². The highest BCUT2D eigenvalue weighted by atomic mass is 16.5. The molecule has 124 valence electrons. The van der Waals surface area contributed by atoms with Crippen LogP contribution >= 0.6 is 0 Å². The number of likely N-dealkylation sites (tertiary alicyclic amines) is 1. The predicted octanol–water partition coefficient (Wildman–Crippen LogP) is 2.46. The van der Waals surface area contributed by atoms with Crippen LogP contribution in [0.15, 0.2) is 4.52 Å². The van der Waals surface area contributed by atoms with Crippen LogP contribution in [0.3, 0.4) is 0 Å². The summed E-state index contributed by atoms with van der Waals surface area (Å²) >= 11 is 0. The van der Waals surface area contributed by atoms with Crippen molar-refractivity contribution in [3.8, 4) is 0 Å². The lowest BCUT2D eigenvalue weighted by molar-refractivity contribution is -0.122. The van der Waals surface area contributed by atoms with Crippen molar-refractivity contribution in [2.75, 3.05) is 13.1 Å². The summed E-state index contributed by atoms with van der Waals surface area (Å²) in [4.78, 5) is 18.5. The van der Waals surface area contributed by atoms with Crippen LogP contribution in [0.5, 0.6) is 0 Å². The largest absolute Gasteiger partial charge is 0.353 e. The molecule has 0 radical (unpaired) electrons. The normalized spacial score (nSPS) is 18.3. The van der Waals surface area contributed by atoms with E-state index in [1.54, 1.807) is 0 Å². The summed E-state index contributed by atoms with van der Waals surface area (Å²) < 4.78 is 5.38. The van der Waals surface area contributed by atoms with Crippen LogP contribution in [0.1, 0.15) is 70.6 Å². The molecule has 1 aromatic heterocycles. The Bertz CT molecular complexity index is 466. The molecule has 1 aliphatic heterocycles. The van der Waals surface area contributed by atoms with Crippen molar-refractivity contribution in [2.45, 2.75) is 71.4 Å². The molecule has 2 heterocycles. The third kappa shape index (κ3) is 4.53. The molecule has 0 unspecified atom stereocenters. The number of hydrogen-bond acceptors (Lipinski definition) is 5. The Labute approximate surface area is 132 Å². The van der Waals surface area contributed by atoms with Crippen LogP contribution in [0, 0.1) is 0 Å². The number of carbonyl (C=O) groups is 1. The summed E-state index contributed by atoms with van der Waals surface area (Å²) in [6, 6.07) is 0.450. The van der Waals surface area contributed by atoms with Gasteiger partial charge in [-0.05, 0) is 32.6 Å². The fourth-order valence-corrected chi connectivity index (χ4v) is 2.88. The van der Waals surface area contributed by atoms with Gasteiger partial charge in [0.2, 0.25) is 11.8 Å². The van der Waals surface area contributed by atoms with Crippen molar-refractivity contribution in [2.24, 2.45) is 0 Å². The minimum atomic E-state index is 0.144. The second-order valence-corrected chi connectivity index (χ2v) is 6.10. The lowest BCUT2D eigenvalue weighted by Crippen LogP contribution is -2.45. The molecule has 1 aliphatic rings. The number of rotatable bonds is 7. The van der Waals surface area contributed by atoms with Crippen molar-refractivity contribution < 1.29 is 9.32 Å². The van der Waals surface area contributed by atoms with Gasteiger partial charge < -0.3 is 9.84 Å². The monoisotopic (exact) mass is 308 g/mol. The molecular weight excluding hydrogens is 280 g/mol. The van der Waals surface area contributed by atoms with Crippen LogP contribution in [-0.2, 0) is 11.2 Å². The Morgan fingerprint density at radius 1 is 1.36 bits per heavy atom. The molecular formula is C16H28N4O2. The van der Waals surface area contributed by atoms with E-state index in [1.807, 2.05) is 6.92 Å². The van der Waals surface area contributed by atoms with E-state index in [4.69, 9.17) is 4.52 Å². The SMILES string of the molecule is CCCC(=O)NC1CCN([C@@H](C)c2nc(CCC)no2)CC1. The zero-order chi connectivity index (χ0) is 15.9. The average molecular weight is 308 g/mol. The zero-order valence-corrected chi connectivity index (χ0v) is 14.0. The fourth-order valence-electron chi connectivity index (χ4n) is 2.88. The standard InChI is InChI=1S/C16H28N4O2/c1-4-6-14-18-16(22-19-14)12(3)20-10-8-13(9-11-20)17-15(21)7-5-2/h12-13H,4-11H2,1-3H3,(H,17,21)/t12-/m0/s1. The van der Waals surface area contributed by atoms with Crippen LogP contribution < -0.4 is 5.32 Å². The van der Waals surface area contributed by atoms with Crippen LogP contribution in [0.4, 0.5) is 0 Å². The molecule has 6 heteroatoms. The number of nitrogens with zero attached hydrogens (tertiary/aromatic N) is 3. The van der Waals surface area contributed by atoms with E-state index < -0.39 is 0 Å². The lowest BCUT2D eigenvalue weighted by atomic mass is 10.0. The molecule has 6 nitrogen and oxygen atoms in total. The van der Waals surface area contributed by atoms with Crippen LogP contribution in [0.2, 0.25) is 0 Å². The Kier molecular flexibility index (Phi) is 6.36. The topological polar surface area (TPSA) is 71.3 Å². The molecule has 0 spiro atoms. The quantitative estimate of drug-likeness (QED) is 0.838. The number of aryl methyl sites for hydroxylation is 1. The fraction of sp³-hybridized carbons (Fsp3) is 0.812. The first-order valence-electron chi connectivity index (χ1n) is 8.49. The van der Waals surface area contributed by atoms with Gasteiger partial charge in [0, 0.05) is 32.0 Å². The second kappa shape index (κ2) is 8.27. The van der Waals surface area contributed by atoms with Gasteiger partial charge in [-0.3, -0.25) is 9.69 Å². The highest BCUT2D eigenvalue weighted by molar-refractivity contribution is 5.76. The summed E-state index contributed by atoms with van der Waals surface area (Å²) in [6.45, 7) is 8.14. The van der Waals surface area contributed by atoms with Gasteiger partial charge in [-0.25, -0.2) is 0 Å². The first-order chi connectivity index (χ1) is 10.6. The molecule has 1 N–H and O–H groups in total. The summed E-state index contributed by atoms with van der Waals surface area (Å²) in [6.07, 6.45) is 5.38. The van der Waals surface area contributed by atoms with Gasteiger partial charge in [-0.2, -0.15) is 4.98 Å². The zero-order valence-electron chi connectivity index (χ0n) is 14.0. The van der Waals surface area contributed by atoms with Crippen molar-refractivity contribution in [3.63, 3.8) is 0 Å². The molecule has 0 aliphatic carbocycles. The first-order valence-corrected chi connectivity index (χ1v) is 8.49. The Balaban J connectivity index is 1.81. The maximum Gasteiger partial charge on any atom is 0.243 e.